The van der Waals surface area contributed by atoms with Gasteiger partial charge in [0, 0.05) is 13.5 Å². The molecule has 7 nitrogen and oxygen atoms in total. The maximum Gasteiger partial charge on any atom is 0.217 e. The molecule has 7 heteroatoms. The smallest absolute Gasteiger partial charge is 0.217 e. The third kappa shape index (κ3) is 6.73. The van der Waals surface area contributed by atoms with E-state index in [9.17, 15) is 20.1 Å². The van der Waals surface area contributed by atoms with Gasteiger partial charge in [0.25, 0.3) is 0 Å². The normalized spacial score (nSPS) is 31.1. The minimum absolute atomic E-state index is 0.347. The SMILES string of the molecule is CCCCCCCCO[C@@H]1O[C@H](CO)[C@@H](O)[C@@H](O)[C@@H]1NC(C)=O. The van der Waals surface area contributed by atoms with Crippen molar-refractivity contribution in [1.82, 2.24) is 5.32 Å². The van der Waals surface area contributed by atoms with Gasteiger partial charge in [-0.15, -0.1) is 0 Å². The van der Waals surface area contributed by atoms with Gasteiger partial charge in [0.05, 0.1) is 6.61 Å². The van der Waals surface area contributed by atoms with Crippen LogP contribution in [0.25, 0.3) is 0 Å². The van der Waals surface area contributed by atoms with E-state index in [0.29, 0.717) is 6.61 Å². The number of aliphatic hydroxyl groups is 3. The number of hydrogen-bond donors (Lipinski definition) is 4. The van der Waals surface area contributed by atoms with Gasteiger partial charge in [-0.05, 0) is 6.42 Å². The molecule has 1 aliphatic rings. The molecule has 4 N–H and O–H groups in total. The molecule has 1 rings (SSSR count). The van der Waals surface area contributed by atoms with Crippen molar-refractivity contribution in [2.45, 2.75) is 83.0 Å². The Morgan fingerprint density at radius 3 is 2.39 bits per heavy atom. The molecule has 0 aromatic heterocycles. The van der Waals surface area contributed by atoms with Crippen molar-refractivity contribution in [1.29, 1.82) is 0 Å². The zero-order valence-corrected chi connectivity index (χ0v) is 14.1. The number of carbonyl (C=O) groups excluding carboxylic acids is 1. The first-order valence-corrected chi connectivity index (χ1v) is 8.52. The van der Waals surface area contributed by atoms with Crippen LogP contribution in [0.1, 0.15) is 52.4 Å². The largest absolute Gasteiger partial charge is 0.394 e. The fourth-order valence-electron chi connectivity index (χ4n) is 2.69. The molecule has 0 aromatic rings. The van der Waals surface area contributed by atoms with Gasteiger partial charge in [-0.2, -0.15) is 0 Å². The van der Waals surface area contributed by atoms with E-state index >= 15 is 0 Å². The minimum Gasteiger partial charge on any atom is -0.394 e. The van der Waals surface area contributed by atoms with E-state index in [2.05, 4.69) is 12.2 Å². The molecule has 0 bridgehead atoms. The number of carbonyl (C=O) groups is 1. The van der Waals surface area contributed by atoms with Gasteiger partial charge in [0.15, 0.2) is 6.29 Å². The molecule has 136 valence electrons. The Labute approximate surface area is 138 Å². The van der Waals surface area contributed by atoms with Gasteiger partial charge in [-0.3, -0.25) is 4.79 Å². The number of aliphatic hydroxyl groups excluding tert-OH is 3. The maximum atomic E-state index is 11.3. The Morgan fingerprint density at radius 1 is 1.13 bits per heavy atom. The first-order valence-electron chi connectivity index (χ1n) is 8.52. The predicted molar refractivity (Wildman–Crippen MR) is 84.7 cm³/mol. The lowest BCUT2D eigenvalue weighted by atomic mass is 9.97. The average molecular weight is 333 g/mol. The molecule has 0 spiro atoms. The molecule has 0 aromatic carbocycles. The van der Waals surface area contributed by atoms with Crippen LogP contribution in [0.3, 0.4) is 0 Å². The van der Waals surface area contributed by atoms with Crippen molar-refractivity contribution in [2.24, 2.45) is 0 Å². The Kier molecular flexibility index (Phi) is 9.66. The Balaban J connectivity index is 2.45. The van der Waals surface area contributed by atoms with Crippen molar-refractivity contribution in [3.63, 3.8) is 0 Å². The zero-order chi connectivity index (χ0) is 17.2. The summed E-state index contributed by atoms with van der Waals surface area (Å²) in [6, 6.07) is -0.856. The summed E-state index contributed by atoms with van der Waals surface area (Å²) in [4.78, 5) is 11.3. The quantitative estimate of drug-likeness (QED) is 0.429. The lowest BCUT2D eigenvalue weighted by molar-refractivity contribution is -0.270. The fourth-order valence-corrected chi connectivity index (χ4v) is 2.69. The molecular formula is C16H31NO6. The summed E-state index contributed by atoms with van der Waals surface area (Å²) in [6.07, 6.45) is 2.37. The van der Waals surface area contributed by atoms with Crippen LogP contribution < -0.4 is 5.32 Å². The van der Waals surface area contributed by atoms with E-state index in [4.69, 9.17) is 9.47 Å². The van der Waals surface area contributed by atoms with Gasteiger partial charge in [0.1, 0.15) is 24.4 Å². The summed E-state index contributed by atoms with van der Waals surface area (Å²) in [5.41, 5.74) is 0. The highest BCUT2D eigenvalue weighted by molar-refractivity contribution is 5.73. The third-order valence-electron chi connectivity index (χ3n) is 4.03. The highest BCUT2D eigenvalue weighted by Crippen LogP contribution is 2.22. The van der Waals surface area contributed by atoms with Gasteiger partial charge >= 0.3 is 0 Å². The Bertz CT molecular complexity index is 341. The number of amides is 1. The van der Waals surface area contributed by atoms with Crippen LogP contribution in [0.2, 0.25) is 0 Å². The van der Waals surface area contributed by atoms with E-state index in [0.717, 1.165) is 19.3 Å². The monoisotopic (exact) mass is 333 g/mol. The molecule has 1 saturated heterocycles. The fraction of sp³-hybridized carbons (Fsp3) is 0.938. The minimum atomic E-state index is -1.27. The number of nitrogens with one attached hydrogen (secondary N) is 1. The average Bonchev–Trinajstić information content (AvgIpc) is 2.52. The molecule has 0 saturated carbocycles. The van der Waals surface area contributed by atoms with Crippen LogP contribution in [0.5, 0.6) is 0 Å². The van der Waals surface area contributed by atoms with Crippen molar-refractivity contribution in [3.05, 3.63) is 0 Å². The molecule has 0 aliphatic carbocycles. The number of unbranched alkanes of at least 4 members (excludes halogenated alkanes) is 5. The van der Waals surface area contributed by atoms with Crippen LogP contribution in [-0.2, 0) is 14.3 Å². The summed E-state index contributed by atoms with van der Waals surface area (Å²) < 4.78 is 11.1. The van der Waals surface area contributed by atoms with Gasteiger partial charge in [0.2, 0.25) is 5.91 Å². The van der Waals surface area contributed by atoms with Crippen LogP contribution in [0, 0.1) is 0 Å². The van der Waals surface area contributed by atoms with Crippen molar-refractivity contribution in [2.75, 3.05) is 13.2 Å². The Morgan fingerprint density at radius 2 is 1.78 bits per heavy atom. The summed E-state index contributed by atoms with van der Waals surface area (Å²) in [5.74, 6) is -0.347. The standard InChI is InChI=1S/C16H31NO6/c1-3-4-5-6-7-8-9-22-16-13(17-11(2)19)15(21)14(20)12(10-18)23-16/h12-16,18,20-21H,3-10H2,1-2H3,(H,17,19)/t12-,13+,14-,15+,16-/m1/s1. The lowest BCUT2D eigenvalue weighted by Crippen LogP contribution is -2.64. The predicted octanol–water partition coefficient (Wildman–Crippen LogP) is 0.307. The van der Waals surface area contributed by atoms with Crippen molar-refractivity contribution < 1.29 is 29.6 Å². The molecule has 1 fully saturated rings. The molecule has 5 atom stereocenters. The van der Waals surface area contributed by atoms with Crippen molar-refractivity contribution in [3.8, 4) is 0 Å². The lowest BCUT2D eigenvalue weighted by Gasteiger charge is -2.42. The maximum absolute atomic E-state index is 11.3. The number of hydrogen-bond acceptors (Lipinski definition) is 6. The topological polar surface area (TPSA) is 108 Å². The van der Waals surface area contributed by atoms with Crippen LogP contribution >= 0.6 is 0 Å². The summed E-state index contributed by atoms with van der Waals surface area (Å²) in [5, 5.41) is 31.8. The summed E-state index contributed by atoms with van der Waals surface area (Å²) in [7, 11) is 0. The Hall–Kier alpha value is -0.730. The van der Waals surface area contributed by atoms with E-state index in [1.807, 2.05) is 0 Å². The number of rotatable bonds is 10. The third-order valence-corrected chi connectivity index (χ3v) is 4.03. The van der Waals surface area contributed by atoms with Crippen molar-refractivity contribution >= 4 is 5.91 Å². The molecule has 0 radical (unpaired) electrons. The van der Waals surface area contributed by atoms with Crippen LogP contribution in [-0.4, -0.2) is 65.1 Å². The summed E-state index contributed by atoms with van der Waals surface area (Å²) in [6.45, 7) is 3.50. The van der Waals surface area contributed by atoms with Gasteiger partial charge in [-0.25, -0.2) is 0 Å². The van der Waals surface area contributed by atoms with E-state index in [1.54, 1.807) is 0 Å². The van der Waals surface area contributed by atoms with Gasteiger partial charge in [-0.1, -0.05) is 39.0 Å². The first kappa shape index (κ1) is 20.3. The summed E-state index contributed by atoms with van der Waals surface area (Å²) >= 11 is 0. The first-order chi connectivity index (χ1) is 11.0. The molecular weight excluding hydrogens is 302 g/mol. The van der Waals surface area contributed by atoms with E-state index in [-0.39, 0.29) is 5.91 Å². The molecule has 0 unspecified atom stereocenters. The molecule has 1 aliphatic heterocycles. The van der Waals surface area contributed by atoms with E-state index in [1.165, 1.54) is 26.2 Å². The highest BCUT2D eigenvalue weighted by atomic mass is 16.7. The van der Waals surface area contributed by atoms with E-state index < -0.39 is 37.3 Å². The second-order valence-corrected chi connectivity index (χ2v) is 6.07. The van der Waals surface area contributed by atoms with Crippen LogP contribution in [0.4, 0.5) is 0 Å². The second-order valence-electron chi connectivity index (χ2n) is 6.07. The highest BCUT2D eigenvalue weighted by Gasteiger charge is 2.45. The molecule has 23 heavy (non-hydrogen) atoms. The van der Waals surface area contributed by atoms with Gasteiger partial charge < -0.3 is 30.1 Å². The second kappa shape index (κ2) is 10.9. The van der Waals surface area contributed by atoms with Crippen LogP contribution in [0.15, 0.2) is 0 Å². The number of ether oxygens (including phenoxy) is 2. The molecule has 1 amide bonds. The zero-order valence-electron chi connectivity index (χ0n) is 14.1. The molecule has 1 heterocycles.